The Balaban J connectivity index is 1.65. The molecule has 0 atom stereocenters. The summed E-state index contributed by atoms with van der Waals surface area (Å²) in [5, 5.41) is 4.25. The maximum Gasteiger partial charge on any atom is 0.354 e. The summed E-state index contributed by atoms with van der Waals surface area (Å²) in [7, 11) is 0. The van der Waals surface area contributed by atoms with Gasteiger partial charge in [0.25, 0.3) is 0 Å². The summed E-state index contributed by atoms with van der Waals surface area (Å²) < 4.78 is 15.6. The van der Waals surface area contributed by atoms with Crippen molar-refractivity contribution < 1.29 is 9.18 Å². The number of rotatable bonds is 3. The van der Waals surface area contributed by atoms with E-state index in [1.54, 1.807) is 12.1 Å². The number of aryl methyl sites for hydroxylation is 1. The Labute approximate surface area is 142 Å². The Hall–Kier alpha value is -3.22. The fourth-order valence-corrected chi connectivity index (χ4v) is 2.99. The van der Waals surface area contributed by atoms with Crippen LogP contribution in [-0.4, -0.2) is 20.4 Å². The summed E-state index contributed by atoms with van der Waals surface area (Å²) in [5.41, 5.74) is 1.85. The van der Waals surface area contributed by atoms with Crippen molar-refractivity contribution in [1.29, 1.82) is 0 Å². The van der Waals surface area contributed by atoms with Crippen molar-refractivity contribution in [1.82, 2.24) is 14.3 Å². The first-order valence-electron chi connectivity index (χ1n) is 7.84. The van der Waals surface area contributed by atoms with Crippen LogP contribution in [0.1, 0.15) is 17.0 Å². The van der Waals surface area contributed by atoms with Crippen LogP contribution in [0.2, 0.25) is 0 Å². The summed E-state index contributed by atoms with van der Waals surface area (Å²) in [6.45, 7) is 2.29. The first-order chi connectivity index (χ1) is 12.0. The Kier molecular flexibility index (Phi) is 3.49. The molecule has 0 saturated carbocycles. The summed E-state index contributed by atoms with van der Waals surface area (Å²) in [6.07, 6.45) is 0. The van der Waals surface area contributed by atoms with Gasteiger partial charge in [0.15, 0.2) is 5.82 Å². The predicted molar refractivity (Wildman–Crippen MR) is 90.1 cm³/mol. The highest BCUT2D eigenvalue weighted by Crippen LogP contribution is 2.23. The summed E-state index contributed by atoms with van der Waals surface area (Å²) in [6, 6.07) is 13.1. The Morgan fingerprint density at radius 2 is 1.92 bits per heavy atom. The third kappa shape index (κ3) is 2.63. The van der Waals surface area contributed by atoms with Gasteiger partial charge >= 0.3 is 11.7 Å². The van der Waals surface area contributed by atoms with Crippen LogP contribution >= 0.6 is 0 Å². The van der Waals surface area contributed by atoms with Crippen LogP contribution in [0, 0.1) is 12.7 Å². The van der Waals surface area contributed by atoms with Gasteiger partial charge in [-0.25, -0.2) is 18.7 Å². The number of anilines is 1. The quantitative estimate of drug-likeness (QED) is 0.737. The maximum absolute atomic E-state index is 13.3. The number of hydrogen-bond acceptors (Lipinski definition) is 3. The number of nitrogens with zero attached hydrogens (tertiary/aromatic N) is 4. The summed E-state index contributed by atoms with van der Waals surface area (Å²) >= 11 is 0. The third-order valence-corrected chi connectivity index (χ3v) is 4.16. The van der Waals surface area contributed by atoms with Crippen molar-refractivity contribution in [2.24, 2.45) is 0 Å². The lowest BCUT2D eigenvalue weighted by Gasteiger charge is -2.15. The maximum atomic E-state index is 13.3. The first kappa shape index (κ1) is 15.3. The van der Waals surface area contributed by atoms with Gasteiger partial charge in [0.05, 0.1) is 13.1 Å². The molecule has 0 bridgehead atoms. The molecule has 0 saturated heterocycles. The van der Waals surface area contributed by atoms with Crippen LogP contribution in [-0.2, 0) is 13.1 Å². The second-order valence-corrected chi connectivity index (χ2v) is 6.03. The smallest absolute Gasteiger partial charge is 0.286 e. The fourth-order valence-electron chi connectivity index (χ4n) is 2.99. The predicted octanol–water partition coefficient (Wildman–Crippen LogP) is 2.53. The number of amides is 1. The highest BCUT2D eigenvalue weighted by atomic mass is 19.1. The molecule has 2 heterocycles. The van der Waals surface area contributed by atoms with E-state index in [0.717, 1.165) is 15.8 Å². The van der Waals surface area contributed by atoms with E-state index in [4.69, 9.17) is 0 Å². The van der Waals surface area contributed by atoms with E-state index >= 15 is 0 Å². The zero-order valence-electron chi connectivity index (χ0n) is 13.5. The van der Waals surface area contributed by atoms with Crippen molar-refractivity contribution in [3.8, 4) is 0 Å². The van der Waals surface area contributed by atoms with E-state index in [0.29, 0.717) is 11.4 Å². The van der Waals surface area contributed by atoms with E-state index < -0.39 is 11.7 Å². The van der Waals surface area contributed by atoms with Crippen LogP contribution in [0.5, 0.6) is 0 Å². The standard InChI is InChI=1S/C18H15FN4O2/c1-12-4-2-7-15(8-12)21-11-16-20-22(18(25)23(16)17(21)24)10-13-5-3-6-14(19)9-13/h2-9H,10-11H2,1H3. The first-order valence-corrected chi connectivity index (χ1v) is 7.84. The van der Waals surface area contributed by atoms with Gasteiger partial charge < -0.3 is 0 Å². The van der Waals surface area contributed by atoms with E-state index in [2.05, 4.69) is 5.10 Å². The van der Waals surface area contributed by atoms with Gasteiger partial charge in [0.1, 0.15) is 5.82 Å². The molecule has 1 amide bonds. The molecular formula is C18H15FN4O2. The molecule has 0 spiro atoms. The number of fused-ring (bicyclic) bond motifs is 1. The fraction of sp³-hybridized carbons (Fsp3) is 0.167. The molecule has 6 nitrogen and oxygen atoms in total. The lowest BCUT2D eigenvalue weighted by molar-refractivity contribution is 0.250. The number of hydrogen-bond donors (Lipinski definition) is 0. The van der Waals surface area contributed by atoms with Crippen molar-refractivity contribution in [3.05, 3.63) is 81.8 Å². The highest BCUT2D eigenvalue weighted by Gasteiger charge is 2.33. The van der Waals surface area contributed by atoms with E-state index in [-0.39, 0.29) is 18.9 Å². The molecule has 0 aliphatic carbocycles. The van der Waals surface area contributed by atoms with Gasteiger partial charge in [-0.3, -0.25) is 4.90 Å². The summed E-state index contributed by atoms with van der Waals surface area (Å²) in [4.78, 5) is 26.7. The SMILES string of the molecule is Cc1cccc(N2Cc3nn(Cc4cccc(F)c4)c(=O)n3C2=O)c1. The lowest BCUT2D eigenvalue weighted by atomic mass is 10.2. The van der Waals surface area contributed by atoms with Crippen molar-refractivity contribution in [2.45, 2.75) is 20.0 Å². The number of aromatic nitrogens is 3. The van der Waals surface area contributed by atoms with Crippen LogP contribution < -0.4 is 10.6 Å². The van der Waals surface area contributed by atoms with Gasteiger partial charge in [-0.2, -0.15) is 9.67 Å². The zero-order valence-corrected chi connectivity index (χ0v) is 13.5. The van der Waals surface area contributed by atoms with Crippen LogP contribution in [0.3, 0.4) is 0 Å². The Morgan fingerprint density at radius 1 is 1.12 bits per heavy atom. The second-order valence-electron chi connectivity index (χ2n) is 6.03. The van der Waals surface area contributed by atoms with E-state index in [9.17, 15) is 14.0 Å². The van der Waals surface area contributed by atoms with Crippen molar-refractivity contribution in [2.75, 3.05) is 4.90 Å². The largest absolute Gasteiger partial charge is 0.354 e. The topological polar surface area (TPSA) is 60.1 Å². The number of carbonyl (C=O) groups is 1. The number of carbonyl (C=O) groups excluding carboxylic acids is 1. The average Bonchev–Trinajstić information content (AvgIpc) is 3.05. The molecule has 0 fully saturated rings. The Bertz CT molecular complexity index is 1040. The van der Waals surface area contributed by atoms with Gasteiger partial charge in [-0.1, -0.05) is 24.3 Å². The molecule has 0 unspecified atom stereocenters. The molecule has 126 valence electrons. The van der Waals surface area contributed by atoms with Gasteiger partial charge in [0, 0.05) is 5.69 Å². The molecule has 0 radical (unpaired) electrons. The van der Waals surface area contributed by atoms with Crippen molar-refractivity contribution >= 4 is 11.7 Å². The molecule has 0 N–H and O–H groups in total. The number of halogens is 1. The van der Waals surface area contributed by atoms with E-state index in [1.807, 2.05) is 31.2 Å². The average molecular weight is 338 g/mol. The molecule has 2 aromatic carbocycles. The monoisotopic (exact) mass is 338 g/mol. The molecule has 7 heteroatoms. The van der Waals surface area contributed by atoms with Gasteiger partial charge in [-0.15, -0.1) is 0 Å². The van der Waals surface area contributed by atoms with Crippen LogP contribution in [0.4, 0.5) is 14.9 Å². The molecule has 1 aliphatic heterocycles. The highest BCUT2D eigenvalue weighted by molar-refractivity contribution is 5.96. The van der Waals surface area contributed by atoms with Gasteiger partial charge in [0.2, 0.25) is 0 Å². The molecule has 1 aliphatic rings. The number of benzene rings is 2. The molecular weight excluding hydrogens is 323 g/mol. The zero-order chi connectivity index (χ0) is 17.6. The second kappa shape index (κ2) is 5.70. The van der Waals surface area contributed by atoms with Crippen molar-refractivity contribution in [3.63, 3.8) is 0 Å². The minimum Gasteiger partial charge on any atom is -0.286 e. The molecule has 1 aromatic heterocycles. The minimum atomic E-state index is -0.514. The molecule has 25 heavy (non-hydrogen) atoms. The van der Waals surface area contributed by atoms with Crippen LogP contribution in [0.15, 0.2) is 53.3 Å². The Morgan fingerprint density at radius 3 is 2.64 bits per heavy atom. The minimum absolute atomic E-state index is 0.119. The van der Waals surface area contributed by atoms with Gasteiger partial charge in [-0.05, 0) is 42.3 Å². The normalized spacial score (nSPS) is 13.4. The van der Waals surface area contributed by atoms with E-state index in [1.165, 1.54) is 21.7 Å². The third-order valence-electron chi connectivity index (χ3n) is 4.16. The molecule has 4 rings (SSSR count). The lowest BCUT2D eigenvalue weighted by Crippen LogP contribution is -2.35. The summed E-state index contributed by atoms with van der Waals surface area (Å²) in [5.74, 6) is 0.00640. The molecule has 3 aromatic rings. The van der Waals surface area contributed by atoms with Crippen LogP contribution in [0.25, 0.3) is 0 Å².